The number of alkyl carbamates (subject to hydrolysis) is 2. The second kappa shape index (κ2) is 17.7. The summed E-state index contributed by atoms with van der Waals surface area (Å²) in [5.74, 6) is 0.279. The first-order valence-electron chi connectivity index (χ1n) is 21.1. The van der Waals surface area contributed by atoms with Crippen LogP contribution in [0.3, 0.4) is 0 Å². The number of rotatable bonds is 11. The smallest absolute Gasteiger partial charge is 0.407 e. The van der Waals surface area contributed by atoms with Gasteiger partial charge in [0.25, 0.3) is 0 Å². The van der Waals surface area contributed by atoms with Gasteiger partial charge in [-0.15, -0.1) is 0 Å². The lowest BCUT2D eigenvalue weighted by molar-refractivity contribution is -0.137. The quantitative estimate of drug-likeness (QED) is 0.138. The van der Waals surface area contributed by atoms with E-state index in [9.17, 15) is 19.2 Å². The molecule has 1 aromatic heterocycles. The third kappa shape index (κ3) is 8.53. The average molecular weight is 816 g/mol. The van der Waals surface area contributed by atoms with Gasteiger partial charge in [0.05, 0.1) is 43.9 Å². The molecule has 316 valence electrons. The lowest BCUT2D eigenvalue weighted by Gasteiger charge is -2.33. The van der Waals surface area contributed by atoms with Crippen molar-refractivity contribution < 1.29 is 28.7 Å². The molecule has 7 rings (SSSR count). The predicted octanol–water partition coefficient (Wildman–Crippen LogP) is 8.28. The highest BCUT2D eigenvalue weighted by Crippen LogP contribution is 2.38. The summed E-state index contributed by atoms with van der Waals surface area (Å²) in [5.41, 5.74) is 6.96. The van der Waals surface area contributed by atoms with Gasteiger partial charge in [-0.05, 0) is 91.0 Å². The number of amides is 4. The zero-order chi connectivity index (χ0) is 42.8. The molecular weight excluding hydrogens is 759 g/mol. The standard InChI is InChI=1S/C47H57N7O6/c1-26(2)41(51-46(57)59-7)44(55)53-28(5)9-21-39(53)37-20-19-36(49-37)31-13-11-30(12-14-31)32-15-16-34-24-35(18-17-33(34)23-32)38-25-48-43(50-38)40-22-10-29(6)54(40)45(56)42(27(3)4)52-47(58)60-8/h11-19,23-29,39-42H,9-10,20-22H2,1-8H3,(H,48,50)(H,51,57)(H,52,58)/t28-,29-,39+,40+,41+,42+/m1/s1. The summed E-state index contributed by atoms with van der Waals surface area (Å²) in [5, 5.41) is 7.67. The minimum Gasteiger partial charge on any atom is -0.453 e. The Labute approximate surface area is 352 Å². The van der Waals surface area contributed by atoms with Gasteiger partial charge in [-0.3, -0.25) is 14.6 Å². The molecular formula is C47H57N7O6. The van der Waals surface area contributed by atoms with Crippen LogP contribution < -0.4 is 10.6 Å². The van der Waals surface area contributed by atoms with Crippen LogP contribution in [-0.2, 0) is 19.1 Å². The highest BCUT2D eigenvalue weighted by molar-refractivity contribution is 6.02. The van der Waals surface area contributed by atoms with Crippen molar-refractivity contribution in [3.8, 4) is 22.4 Å². The number of hydrogen-bond acceptors (Lipinski definition) is 8. The number of methoxy groups -OCH3 is 2. The molecule has 13 nitrogen and oxygen atoms in total. The van der Waals surface area contributed by atoms with E-state index in [-0.39, 0.29) is 47.8 Å². The number of nitrogens with zero attached hydrogens (tertiary/aromatic N) is 4. The summed E-state index contributed by atoms with van der Waals surface area (Å²) in [4.78, 5) is 68.8. The molecule has 0 spiro atoms. The number of allylic oxidation sites excluding steroid dienone is 1. The predicted molar refractivity (Wildman–Crippen MR) is 233 cm³/mol. The van der Waals surface area contributed by atoms with E-state index in [4.69, 9.17) is 19.5 Å². The molecule has 13 heteroatoms. The van der Waals surface area contributed by atoms with Crippen LogP contribution in [0.2, 0.25) is 0 Å². The second-order valence-electron chi connectivity index (χ2n) is 17.0. The van der Waals surface area contributed by atoms with Crippen molar-refractivity contribution in [1.82, 2.24) is 30.4 Å². The molecule has 3 N–H and O–H groups in total. The molecule has 4 amide bonds. The maximum absolute atomic E-state index is 13.8. The summed E-state index contributed by atoms with van der Waals surface area (Å²) in [6.07, 6.45) is 6.72. The van der Waals surface area contributed by atoms with Crippen LogP contribution in [0.25, 0.3) is 38.9 Å². The number of hydrogen-bond donors (Lipinski definition) is 3. The van der Waals surface area contributed by atoms with Crippen molar-refractivity contribution in [2.75, 3.05) is 14.2 Å². The topological polar surface area (TPSA) is 158 Å². The summed E-state index contributed by atoms with van der Waals surface area (Å²) in [7, 11) is 2.60. The number of carbonyl (C=O) groups excluding carboxylic acids is 4. The minimum atomic E-state index is -0.703. The molecule has 2 saturated heterocycles. The van der Waals surface area contributed by atoms with Gasteiger partial charge >= 0.3 is 12.2 Å². The number of nitrogens with one attached hydrogen (secondary N) is 3. The van der Waals surface area contributed by atoms with Gasteiger partial charge in [0, 0.05) is 29.8 Å². The van der Waals surface area contributed by atoms with Gasteiger partial charge in [-0.25, -0.2) is 14.6 Å². The largest absolute Gasteiger partial charge is 0.453 e. The summed E-state index contributed by atoms with van der Waals surface area (Å²) >= 11 is 0. The molecule has 2 fully saturated rings. The number of likely N-dealkylation sites (tertiary alicyclic amines) is 2. The Morgan fingerprint density at radius 1 is 0.683 bits per heavy atom. The van der Waals surface area contributed by atoms with Gasteiger partial charge in [-0.2, -0.15) is 0 Å². The van der Waals surface area contributed by atoms with E-state index in [1.165, 1.54) is 14.2 Å². The number of benzene rings is 3. The second-order valence-corrected chi connectivity index (χ2v) is 17.0. The van der Waals surface area contributed by atoms with Crippen LogP contribution in [0.4, 0.5) is 9.59 Å². The highest BCUT2D eigenvalue weighted by atomic mass is 16.5. The third-order valence-electron chi connectivity index (χ3n) is 12.4. The van der Waals surface area contributed by atoms with E-state index >= 15 is 0 Å². The number of aromatic amines is 1. The molecule has 4 aromatic rings. The lowest BCUT2D eigenvalue weighted by Crippen LogP contribution is -2.55. The Morgan fingerprint density at radius 3 is 1.75 bits per heavy atom. The van der Waals surface area contributed by atoms with E-state index in [1.807, 2.05) is 50.6 Å². The van der Waals surface area contributed by atoms with E-state index in [1.54, 1.807) is 0 Å². The molecule has 3 aromatic carbocycles. The van der Waals surface area contributed by atoms with Crippen LogP contribution in [0.5, 0.6) is 0 Å². The Hall–Kier alpha value is -5.98. The van der Waals surface area contributed by atoms with Crippen LogP contribution in [0, 0.1) is 11.8 Å². The maximum Gasteiger partial charge on any atom is 0.407 e. The van der Waals surface area contributed by atoms with E-state index in [2.05, 4.69) is 89.3 Å². The van der Waals surface area contributed by atoms with Gasteiger partial charge in [0.1, 0.15) is 17.9 Å². The molecule has 4 heterocycles. The zero-order valence-corrected chi connectivity index (χ0v) is 35.8. The molecule has 0 unspecified atom stereocenters. The number of imidazole rings is 1. The van der Waals surface area contributed by atoms with Crippen LogP contribution in [0.15, 0.2) is 77.9 Å². The normalized spacial score (nSPS) is 21.2. The van der Waals surface area contributed by atoms with E-state index in [0.29, 0.717) is 6.42 Å². The van der Waals surface area contributed by atoms with Crippen LogP contribution >= 0.6 is 0 Å². The van der Waals surface area contributed by atoms with Gasteiger partial charge in [0.15, 0.2) is 0 Å². The lowest BCUT2D eigenvalue weighted by atomic mass is 9.98. The van der Waals surface area contributed by atoms with Crippen LogP contribution in [0.1, 0.15) is 91.1 Å². The van der Waals surface area contributed by atoms with E-state index in [0.717, 1.165) is 81.6 Å². The molecule has 60 heavy (non-hydrogen) atoms. The molecule has 3 aliphatic heterocycles. The van der Waals surface area contributed by atoms with Crippen molar-refractivity contribution in [2.45, 2.75) is 110 Å². The number of aliphatic imine (C=N–C) groups is 1. The third-order valence-corrected chi connectivity index (χ3v) is 12.4. The van der Waals surface area contributed by atoms with Crippen molar-refractivity contribution in [3.63, 3.8) is 0 Å². The maximum atomic E-state index is 13.8. The number of H-pyrrole nitrogens is 1. The first-order valence-corrected chi connectivity index (χ1v) is 21.1. The molecule has 6 atom stereocenters. The molecule has 3 aliphatic rings. The molecule has 0 aliphatic carbocycles. The number of ether oxygens (including phenoxy) is 2. The molecule has 0 radical (unpaired) electrons. The highest BCUT2D eigenvalue weighted by Gasteiger charge is 2.43. The van der Waals surface area contributed by atoms with Gasteiger partial charge in [-0.1, -0.05) is 82.3 Å². The Kier molecular flexibility index (Phi) is 12.4. The Bertz CT molecular complexity index is 2310. The summed E-state index contributed by atoms with van der Waals surface area (Å²) in [6, 6.07) is 19.6. The van der Waals surface area contributed by atoms with Crippen molar-refractivity contribution >= 4 is 46.2 Å². The van der Waals surface area contributed by atoms with Crippen molar-refractivity contribution in [2.24, 2.45) is 16.8 Å². The first kappa shape index (κ1) is 42.2. The van der Waals surface area contributed by atoms with Gasteiger partial charge in [0.2, 0.25) is 11.8 Å². The number of carbonyl (C=O) groups is 4. The van der Waals surface area contributed by atoms with E-state index < -0.39 is 24.3 Å². The molecule has 0 saturated carbocycles. The monoisotopic (exact) mass is 815 g/mol. The van der Waals surface area contributed by atoms with Gasteiger partial charge < -0.3 is 34.9 Å². The fraction of sp³-hybridized carbons (Fsp3) is 0.447. The minimum absolute atomic E-state index is 0.00227. The Morgan fingerprint density at radius 2 is 1.18 bits per heavy atom. The van der Waals surface area contributed by atoms with Crippen LogP contribution in [-0.4, -0.2) is 93.9 Å². The summed E-state index contributed by atoms with van der Waals surface area (Å²) < 4.78 is 9.60. The fourth-order valence-electron chi connectivity index (χ4n) is 8.95. The summed E-state index contributed by atoms with van der Waals surface area (Å²) in [6.45, 7) is 11.8. The van der Waals surface area contributed by atoms with Crippen molar-refractivity contribution in [3.05, 3.63) is 84.3 Å². The Balaban J connectivity index is 1.03. The number of fused-ring (bicyclic) bond motifs is 1. The fourth-order valence-corrected chi connectivity index (χ4v) is 8.95. The first-order chi connectivity index (χ1) is 28.8. The van der Waals surface area contributed by atoms with Crippen molar-refractivity contribution in [1.29, 1.82) is 0 Å². The zero-order valence-electron chi connectivity index (χ0n) is 35.8. The number of aromatic nitrogens is 2. The SMILES string of the molecule is COC(=O)N[C@H](C(=O)N1[C@H](C)CC[C@H]1C1=NC(c2ccc(-c3ccc4cc(-c5cnc([C@@H]6CC[C@@H](C)N6C(=O)[C@@H](NC(=O)OC)C(C)C)[nH]5)ccc4c3)cc2)=CC1)C(C)C. The molecule has 0 bridgehead atoms. The average Bonchev–Trinajstić information content (AvgIpc) is 4.08.